The molecule has 2 aromatic carbocycles. The molecule has 0 unspecified atom stereocenters. The van der Waals surface area contributed by atoms with Crippen LogP contribution in [0.15, 0.2) is 83.9 Å². The van der Waals surface area contributed by atoms with Gasteiger partial charge < -0.3 is 20.5 Å². The molecule has 0 fully saturated rings. The number of benzene rings is 2. The van der Waals surface area contributed by atoms with Crippen molar-refractivity contribution in [3.63, 3.8) is 0 Å². The number of pyridine rings is 1. The molecule has 0 saturated heterocycles. The van der Waals surface area contributed by atoms with Gasteiger partial charge in [-0.25, -0.2) is 0 Å². The fourth-order valence-corrected chi connectivity index (χ4v) is 4.04. The van der Waals surface area contributed by atoms with E-state index in [1.165, 1.54) is 11.0 Å². The summed E-state index contributed by atoms with van der Waals surface area (Å²) >= 11 is 6.02. The van der Waals surface area contributed by atoms with Gasteiger partial charge in [-0.3, -0.25) is 19.1 Å². The van der Waals surface area contributed by atoms with Crippen molar-refractivity contribution < 1.29 is 9.59 Å². The van der Waals surface area contributed by atoms with Crippen molar-refractivity contribution in [2.45, 2.75) is 26.1 Å². The second-order valence-electron chi connectivity index (χ2n) is 8.68. The van der Waals surface area contributed by atoms with Gasteiger partial charge in [0.1, 0.15) is 11.6 Å². The van der Waals surface area contributed by atoms with Crippen LogP contribution in [-0.2, 0) is 17.9 Å². The van der Waals surface area contributed by atoms with Gasteiger partial charge in [0.15, 0.2) is 5.82 Å². The minimum Gasteiger partial charge on any atom is -0.382 e. The van der Waals surface area contributed by atoms with Gasteiger partial charge in [-0.1, -0.05) is 48.0 Å². The molecule has 0 spiro atoms. The van der Waals surface area contributed by atoms with Crippen LogP contribution in [0.25, 0.3) is 0 Å². The standard InChI is InChI=1S/C27H27ClN6O3/c1-18(27(37)32(2)22-7-5-6-21(28)14-22)30-26(36)23-17-34(31-25(23)29)16-20-11-9-19(10-12-20)15-33-13-4-3-8-24(33)35/h3-14,17-18H,15-16H2,1-2H3,(H2,29,31)(H,30,36)/t18-/m1/s1. The molecule has 4 rings (SSSR count). The van der Waals surface area contributed by atoms with Crippen LogP contribution in [0.1, 0.15) is 28.4 Å². The van der Waals surface area contributed by atoms with E-state index in [9.17, 15) is 14.4 Å². The third kappa shape index (κ3) is 6.25. The second kappa shape index (κ2) is 11.1. The number of nitrogens with one attached hydrogen (secondary N) is 1. The van der Waals surface area contributed by atoms with Crippen LogP contribution in [0.3, 0.4) is 0 Å². The molecule has 4 aromatic rings. The van der Waals surface area contributed by atoms with Gasteiger partial charge in [-0.05, 0) is 42.3 Å². The van der Waals surface area contributed by atoms with Gasteiger partial charge in [0.05, 0.1) is 13.1 Å². The minimum absolute atomic E-state index is 0.0588. The first-order valence-corrected chi connectivity index (χ1v) is 12.0. The van der Waals surface area contributed by atoms with E-state index in [1.807, 2.05) is 30.3 Å². The Balaban J connectivity index is 1.38. The highest BCUT2D eigenvalue weighted by atomic mass is 35.5. The Labute approximate surface area is 219 Å². The maximum Gasteiger partial charge on any atom is 0.257 e. The number of halogens is 1. The molecule has 2 heterocycles. The molecule has 10 heteroatoms. The van der Waals surface area contributed by atoms with Crippen LogP contribution in [0.2, 0.25) is 5.02 Å². The van der Waals surface area contributed by atoms with E-state index in [-0.39, 0.29) is 22.8 Å². The smallest absolute Gasteiger partial charge is 0.257 e. The second-order valence-corrected chi connectivity index (χ2v) is 9.12. The molecule has 2 amide bonds. The van der Waals surface area contributed by atoms with Crippen molar-refractivity contribution in [3.05, 3.63) is 111 Å². The van der Waals surface area contributed by atoms with E-state index < -0.39 is 11.9 Å². The summed E-state index contributed by atoms with van der Waals surface area (Å²) in [5.41, 5.74) is 8.68. The molecule has 0 aliphatic heterocycles. The summed E-state index contributed by atoms with van der Waals surface area (Å²) < 4.78 is 3.21. The number of nitrogen functional groups attached to an aromatic ring is 1. The fourth-order valence-electron chi connectivity index (χ4n) is 3.86. The number of carbonyl (C=O) groups is 2. The predicted molar refractivity (Wildman–Crippen MR) is 144 cm³/mol. The van der Waals surface area contributed by atoms with Gasteiger partial charge in [-0.15, -0.1) is 0 Å². The zero-order valence-electron chi connectivity index (χ0n) is 20.5. The normalized spacial score (nSPS) is 11.6. The van der Waals surface area contributed by atoms with E-state index >= 15 is 0 Å². The topological polar surface area (TPSA) is 115 Å². The van der Waals surface area contributed by atoms with Crippen LogP contribution in [0.5, 0.6) is 0 Å². The molecular weight excluding hydrogens is 492 g/mol. The first-order chi connectivity index (χ1) is 17.7. The number of carbonyl (C=O) groups excluding carboxylic acids is 2. The molecule has 9 nitrogen and oxygen atoms in total. The lowest BCUT2D eigenvalue weighted by Crippen LogP contribution is -2.45. The summed E-state index contributed by atoms with van der Waals surface area (Å²) in [5.74, 6) is -0.729. The number of amides is 2. The number of hydrogen-bond acceptors (Lipinski definition) is 5. The molecule has 0 radical (unpaired) electrons. The van der Waals surface area contributed by atoms with Gasteiger partial charge in [0.25, 0.3) is 11.5 Å². The number of likely N-dealkylation sites (N-methyl/N-ethyl adjacent to an activating group) is 1. The van der Waals surface area contributed by atoms with Gasteiger partial charge in [0, 0.05) is 36.2 Å². The Kier molecular flexibility index (Phi) is 7.74. The zero-order valence-corrected chi connectivity index (χ0v) is 21.2. The zero-order chi connectivity index (χ0) is 26.5. The van der Waals surface area contributed by atoms with Crippen LogP contribution in [-0.4, -0.2) is 39.3 Å². The lowest BCUT2D eigenvalue weighted by Gasteiger charge is -2.22. The molecule has 3 N–H and O–H groups in total. The highest BCUT2D eigenvalue weighted by Crippen LogP contribution is 2.19. The first kappa shape index (κ1) is 25.7. The molecular formula is C27H27ClN6O3. The van der Waals surface area contributed by atoms with Crippen molar-refractivity contribution >= 4 is 34.9 Å². The molecule has 0 bridgehead atoms. The van der Waals surface area contributed by atoms with E-state index in [4.69, 9.17) is 17.3 Å². The SMILES string of the molecule is C[C@@H](NC(=O)c1cn(Cc2ccc(Cn3ccccc3=O)cc2)nc1N)C(=O)N(C)c1cccc(Cl)c1. The third-order valence-corrected chi connectivity index (χ3v) is 6.13. The van der Waals surface area contributed by atoms with Crippen LogP contribution >= 0.6 is 11.6 Å². The Morgan fingerprint density at radius 3 is 2.43 bits per heavy atom. The monoisotopic (exact) mass is 518 g/mol. The summed E-state index contributed by atoms with van der Waals surface area (Å²) in [4.78, 5) is 39.0. The average molecular weight is 519 g/mol. The Bertz CT molecular complexity index is 1480. The maximum atomic E-state index is 12.8. The van der Waals surface area contributed by atoms with E-state index in [0.29, 0.717) is 23.8 Å². The van der Waals surface area contributed by atoms with E-state index in [1.54, 1.807) is 65.9 Å². The lowest BCUT2D eigenvalue weighted by atomic mass is 10.1. The molecule has 0 aliphatic carbocycles. The van der Waals surface area contributed by atoms with Crippen molar-refractivity contribution in [2.75, 3.05) is 17.7 Å². The van der Waals surface area contributed by atoms with E-state index in [0.717, 1.165) is 11.1 Å². The quantitative estimate of drug-likeness (QED) is 0.372. The molecule has 190 valence electrons. The maximum absolute atomic E-state index is 12.8. The molecule has 0 saturated carbocycles. The Morgan fingerprint density at radius 1 is 1.05 bits per heavy atom. The summed E-state index contributed by atoms with van der Waals surface area (Å²) in [5, 5.41) is 7.45. The first-order valence-electron chi connectivity index (χ1n) is 11.6. The number of anilines is 2. The third-order valence-electron chi connectivity index (χ3n) is 5.90. The van der Waals surface area contributed by atoms with Crippen molar-refractivity contribution in [1.82, 2.24) is 19.7 Å². The molecule has 37 heavy (non-hydrogen) atoms. The number of nitrogens with two attached hydrogens (primary N) is 1. The molecule has 0 aliphatic rings. The highest BCUT2D eigenvalue weighted by Gasteiger charge is 2.23. The van der Waals surface area contributed by atoms with E-state index in [2.05, 4.69) is 10.4 Å². The van der Waals surface area contributed by atoms with Crippen molar-refractivity contribution in [1.29, 1.82) is 0 Å². The largest absolute Gasteiger partial charge is 0.382 e. The summed E-state index contributed by atoms with van der Waals surface area (Å²) in [6, 6.07) is 18.9. The highest BCUT2D eigenvalue weighted by molar-refractivity contribution is 6.30. The van der Waals surface area contributed by atoms with Crippen LogP contribution in [0, 0.1) is 0 Å². The predicted octanol–water partition coefficient (Wildman–Crippen LogP) is 3.16. The Morgan fingerprint density at radius 2 is 1.76 bits per heavy atom. The fraction of sp³-hybridized carbons (Fsp3) is 0.185. The summed E-state index contributed by atoms with van der Waals surface area (Å²) in [7, 11) is 1.62. The number of hydrogen-bond donors (Lipinski definition) is 2. The lowest BCUT2D eigenvalue weighted by molar-refractivity contribution is -0.119. The van der Waals surface area contributed by atoms with Crippen LogP contribution < -0.4 is 21.5 Å². The summed E-state index contributed by atoms with van der Waals surface area (Å²) in [6.45, 7) is 2.48. The summed E-state index contributed by atoms with van der Waals surface area (Å²) in [6.07, 6.45) is 3.30. The Hall–Kier alpha value is -4.37. The average Bonchev–Trinajstić information content (AvgIpc) is 3.25. The molecule has 1 atom stereocenters. The van der Waals surface area contributed by atoms with Crippen molar-refractivity contribution in [3.8, 4) is 0 Å². The molecule has 2 aromatic heterocycles. The number of rotatable bonds is 8. The minimum atomic E-state index is -0.802. The van der Waals surface area contributed by atoms with Crippen LogP contribution in [0.4, 0.5) is 11.5 Å². The van der Waals surface area contributed by atoms with Gasteiger partial charge in [0.2, 0.25) is 5.91 Å². The van der Waals surface area contributed by atoms with Gasteiger partial charge >= 0.3 is 0 Å². The number of aromatic nitrogens is 3. The van der Waals surface area contributed by atoms with Gasteiger partial charge in [-0.2, -0.15) is 5.10 Å². The number of nitrogens with zero attached hydrogens (tertiary/aromatic N) is 4. The van der Waals surface area contributed by atoms with Crippen molar-refractivity contribution in [2.24, 2.45) is 0 Å².